The minimum atomic E-state index is -0.472. The lowest BCUT2D eigenvalue weighted by Crippen LogP contribution is -2.16. The van der Waals surface area contributed by atoms with Crippen molar-refractivity contribution < 1.29 is 9.53 Å². The van der Waals surface area contributed by atoms with Gasteiger partial charge in [0, 0.05) is 16.5 Å². The second kappa shape index (κ2) is 8.69. The molecule has 33 heavy (non-hydrogen) atoms. The zero-order chi connectivity index (χ0) is 23.1. The van der Waals surface area contributed by atoms with Crippen molar-refractivity contribution in [3.63, 3.8) is 0 Å². The maximum Gasteiger partial charge on any atom is 0.348 e. The summed E-state index contributed by atoms with van der Waals surface area (Å²) in [6.45, 7) is 4.27. The molecule has 4 aromatic heterocycles. The molecule has 0 aliphatic carbocycles. The summed E-state index contributed by atoms with van der Waals surface area (Å²) >= 11 is 8.96. The number of aromatic nitrogens is 5. The van der Waals surface area contributed by atoms with E-state index in [1.807, 2.05) is 42.8 Å². The molecule has 0 aliphatic rings. The Morgan fingerprint density at radius 2 is 2.00 bits per heavy atom. The average Bonchev–Trinajstić information content (AvgIpc) is 3.49. The first-order valence-corrected chi connectivity index (χ1v) is 12.2. The Labute approximate surface area is 201 Å². The molecular formula is C22H18ClN5O3S2. The monoisotopic (exact) mass is 499 g/mol. The number of thiophene rings is 1. The van der Waals surface area contributed by atoms with E-state index in [1.54, 1.807) is 6.07 Å². The van der Waals surface area contributed by atoms with Crippen molar-refractivity contribution in [1.29, 1.82) is 0 Å². The molecule has 5 rings (SSSR count). The molecule has 0 radical (unpaired) electrons. The molecular weight excluding hydrogens is 482 g/mol. The van der Waals surface area contributed by atoms with Crippen LogP contribution in [0.4, 0.5) is 0 Å². The maximum absolute atomic E-state index is 12.7. The summed E-state index contributed by atoms with van der Waals surface area (Å²) in [7, 11) is 0. The van der Waals surface area contributed by atoms with E-state index < -0.39 is 5.97 Å². The number of carbonyl (C=O) groups excluding carboxylic acids is 1. The van der Waals surface area contributed by atoms with Gasteiger partial charge in [-0.2, -0.15) is 14.7 Å². The van der Waals surface area contributed by atoms with Gasteiger partial charge in [0.1, 0.15) is 21.3 Å². The SMILES string of the molecule is CCc1nn2c(=O)cc(COC(=O)c3cc4c(C)nn(Cc5ccccc5Cl)c4s3)nc2s1. The van der Waals surface area contributed by atoms with Crippen LogP contribution in [0.1, 0.15) is 38.6 Å². The molecule has 5 aromatic rings. The summed E-state index contributed by atoms with van der Waals surface area (Å²) in [5.74, 6) is -0.472. The van der Waals surface area contributed by atoms with Crippen molar-refractivity contribution >= 4 is 55.4 Å². The van der Waals surface area contributed by atoms with E-state index in [9.17, 15) is 9.59 Å². The van der Waals surface area contributed by atoms with Gasteiger partial charge in [0.25, 0.3) is 5.56 Å². The largest absolute Gasteiger partial charge is 0.455 e. The highest BCUT2D eigenvalue weighted by atomic mass is 35.5. The molecule has 0 fully saturated rings. The van der Waals surface area contributed by atoms with Gasteiger partial charge in [-0.1, -0.05) is 48.1 Å². The minimum Gasteiger partial charge on any atom is -0.455 e. The van der Waals surface area contributed by atoms with Crippen LogP contribution in [0.2, 0.25) is 5.02 Å². The zero-order valence-corrected chi connectivity index (χ0v) is 20.1. The normalized spacial score (nSPS) is 11.5. The molecule has 0 aliphatic heterocycles. The molecule has 0 saturated heterocycles. The summed E-state index contributed by atoms with van der Waals surface area (Å²) in [6.07, 6.45) is 0.719. The molecule has 0 atom stereocenters. The van der Waals surface area contributed by atoms with Gasteiger partial charge in [0.15, 0.2) is 0 Å². The molecule has 168 valence electrons. The number of nitrogens with zero attached hydrogens (tertiary/aromatic N) is 5. The summed E-state index contributed by atoms with van der Waals surface area (Å²) < 4.78 is 8.58. The lowest BCUT2D eigenvalue weighted by molar-refractivity contribution is 0.0473. The van der Waals surface area contributed by atoms with Crippen LogP contribution in [0.5, 0.6) is 0 Å². The maximum atomic E-state index is 12.7. The van der Waals surface area contributed by atoms with Crippen molar-refractivity contribution in [3.05, 3.63) is 78.6 Å². The molecule has 0 saturated carbocycles. The Hall–Kier alpha value is -3.08. The second-order valence-electron chi connectivity index (χ2n) is 7.37. The van der Waals surface area contributed by atoms with Crippen molar-refractivity contribution in [2.45, 2.75) is 33.4 Å². The van der Waals surface area contributed by atoms with Gasteiger partial charge in [-0.3, -0.25) is 9.48 Å². The molecule has 4 heterocycles. The van der Waals surface area contributed by atoms with Crippen LogP contribution >= 0.6 is 34.3 Å². The molecule has 11 heteroatoms. The summed E-state index contributed by atoms with van der Waals surface area (Å²) in [4.78, 5) is 31.2. The van der Waals surface area contributed by atoms with Crippen LogP contribution < -0.4 is 5.56 Å². The molecule has 0 spiro atoms. The Morgan fingerprint density at radius 3 is 2.79 bits per heavy atom. The van der Waals surface area contributed by atoms with Crippen molar-refractivity contribution in [2.75, 3.05) is 0 Å². The second-order valence-corrected chi connectivity index (χ2v) is 9.85. The fourth-order valence-corrected chi connectivity index (χ4v) is 5.54. The molecule has 0 bridgehead atoms. The van der Waals surface area contributed by atoms with Crippen LogP contribution in [-0.2, 0) is 24.3 Å². The predicted octanol–water partition coefficient (Wildman–Crippen LogP) is 4.49. The number of fused-ring (bicyclic) bond motifs is 2. The first-order chi connectivity index (χ1) is 15.9. The van der Waals surface area contributed by atoms with E-state index in [-0.39, 0.29) is 12.2 Å². The zero-order valence-electron chi connectivity index (χ0n) is 17.7. The van der Waals surface area contributed by atoms with Gasteiger partial charge < -0.3 is 4.74 Å². The molecule has 8 nitrogen and oxygen atoms in total. The third kappa shape index (κ3) is 4.17. The van der Waals surface area contributed by atoms with Crippen LogP contribution in [0.3, 0.4) is 0 Å². The summed E-state index contributed by atoms with van der Waals surface area (Å²) in [6, 6.07) is 10.7. The standard InChI is InChI=1S/C22H18ClN5O3S2/c1-3-18-26-28-19(29)8-14(24-22(28)33-18)11-31-21(30)17-9-15-12(2)25-27(20(15)32-17)10-13-6-4-5-7-16(13)23/h4-9H,3,10-11H2,1-2H3. The third-order valence-electron chi connectivity index (χ3n) is 5.08. The lowest BCUT2D eigenvalue weighted by Gasteiger charge is -2.05. The Bertz CT molecular complexity index is 1570. The molecule has 0 N–H and O–H groups in total. The van der Waals surface area contributed by atoms with Gasteiger partial charge in [-0.25, -0.2) is 9.78 Å². The Morgan fingerprint density at radius 1 is 1.18 bits per heavy atom. The first kappa shape index (κ1) is 21.7. The number of esters is 1. The van der Waals surface area contributed by atoms with Crippen molar-refractivity contribution in [3.8, 4) is 0 Å². The highest BCUT2D eigenvalue weighted by Crippen LogP contribution is 2.30. The van der Waals surface area contributed by atoms with Gasteiger partial charge in [-0.15, -0.1) is 11.3 Å². The van der Waals surface area contributed by atoms with Gasteiger partial charge >= 0.3 is 5.97 Å². The Kier molecular flexibility index (Phi) is 5.73. The summed E-state index contributed by atoms with van der Waals surface area (Å²) in [5.41, 5.74) is 1.87. The van der Waals surface area contributed by atoms with E-state index in [2.05, 4.69) is 15.2 Å². The quantitative estimate of drug-likeness (QED) is 0.320. The molecule has 0 unspecified atom stereocenters. The van der Waals surface area contributed by atoms with Crippen LogP contribution in [0.15, 0.2) is 41.2 Å². The number of ether oxygens (including phenoxy) is 1. The number of hydrogen-bond acceptors (Lipinski definition) is 8. The lowest BCUT2D eigenvalue weighted by atomic mass is 10.2. The number of carbonyl (C=O) groups is 1. The number of aryl methyl sites for hydroxylation is 2. The third-order valence-corrected chi connectivity index (χ3v) is 7.63. The van der Waals surface area contributed by atoms with Crippen LogP contribution in [-0.4, -0.2) is 30.3 Å². The van der Waals surface area contributed by atoms with Crippen molar-refractivity contribution in [1.82, 2.24) is 24.4 Å². The highest BCUT2D eigenvalue weighted by molar-refractivity contribution is 7.20. The van der Waals surface area contributed by atoms with Gasteiger partial charge in [0.05, 0.1) is 17.9 Å². The average molecular weight is 500 g/mol. The van der Waals surface area contributed by atoms with E-state index >= 15 is 0 Å². The van der Waals surface area contributed by atoms with Crippen molar-refractivity contribution in [2.24, 2.45) is 0 Å². The summed E-state index contributed by atoms with van der Waals surface area (Å²) in [5, 5.41) is 11.2. The topological polar surface area (TPSA) is 91.4 Å². The molecule has 1 aromatic carbocycles. The van der Waals surface area contributed by atoms with E-state index in [0.29, 0.717) is 27.1 Å². The fourth-order valence-electron chi connectivity index (χ4n) is 3.43. The van der Waals surface area contributed by atoms with E-state index in [0.717, 1.165) is 32.9 Å². The predicted molar refractivity (Wildman–Crippen MR) is 129 cm³/mol. The van der Waals surface area contributed by atoms with Crippen LogP contribution in [0, 0.1) is 6.92 Å². The highest BCUT2D eigenvalue weighted by Gasteiger charge is 2.19. The van der Waals surface area contributed by atoms with E-state index in [1.165, 1.54) is 33.3 Å². The number of halogens is 1. The number of hydrogen-bond donors (Lipinski definition) is 0. The molecule has 0 amide bonds. The van der Waals surface area contributed by atoms with Gasteiger partial charge in [-0.05, 0) is 31.0 Å². The fraction of sp³-hybridized carbons (Fsp3) is 0.227. The number of benzene rings is 1. The Balaban J connectivity index is 1.36. The number of rotatable bonds is 6. The van der Waals surface area contributed by atoms with E-state index in [4.69, 9.17) is 16.3 Å². The smallest absolute Gasteiger partial charge is 0.348 e. The van der Waals surface area contributed by atoms with Gasteiger partial charge in [0.2, 0.25) is 4.96 Å². The van der Waals surface area contributed by atoms with Crippen LogP contribution in [0.25, 0.3) is 15.2 Å². The minimum absolute atomic E-state index is 0.0943. The first-order valence-electron chi connectivity index (χ1n) is 10.2.